The van der Waals surface area contributed by atoms with E-state index in [4.69, 9.17) is 0 Å². The minimum absolute atomic E-state index is 0.784. The molecular formula is C16H26N2O. The molecule has 0 saturated heterocycles. The fourth-order valence-corrected chi connectivity index (χ4v) is 2.35. The van der Waals surface area contributed by atoms with Crippen LogP contribution in [0.3, 0.4) is 0 Å². The normalized spacial score (nSPS) is 10.7. The topological polar surface area (TPSA) is 23.6 Å². The molecule has 0 amide bonds. The van der Waals surface area contributed by atoms with Crippen molar-refractivity contribution in [1.29, 1.82) is 0 Å². The Labute approximate surface area is 117 Å². The van der Waals surface area contributed by atoms with Crippen LogP contribution >= 0.6 is 0 Å². The van der Waals surface area contributed by atoms with Gasteiger partial charge in [-0.15, -0.1) is 0 Å². The van der Waals surface area contributed by atoms with Crippen LogP contribution in [0.1, 0.15) is 37.6 Å². The zero-order valence-electron chi connectivity index (χ0n) is 12.4. The average Bonchev–Trinajstić information content (AvgIpc) is 2.48. The van der Waals surface area contributed by atoms with Gasteiger partial charge in [-0.05, 0) is 45.1 Å². The van der Waals surface area contributed by atoms with E-state index in [2.05, 4.69) is 30.6 Å². The van der Waals surface area contributed by atoms with E-state index in [1.54, 1.807) is 0 Å². The van der Waals surface area contributed by atoms with Crippen LogP contribution in [-0.4, -0.2) is 43.9 Å². The molecule has 1 rings (SSSR count). The lowest BCUT2D eigenvalue weighted by Gasteiger charge is -2.26. The number of carbonyl (C=O) groups is 1. The number of nitrogens with zero attached hydrogens (tertiary/aromatic N) is 2. The van der Waals surface area contributed by atoms with E-state index in [1.807, 2.05) is 24.3 Å². The molecule has 1 aromatic rings. The third-order valence-corrected chi connectivity index (χ3v) is 3.58. The molecule has 1 aromatic carbocycles. The Hall–Kier alpha value is -1.35. The monoisotopic (exact) mass is 262 g/mol. The SMILES string of the molecule is CCN(CC)CCCN(CC)c1ccccc1C=O. The van der Waals surface area contributed by atoms with Gasteiger partial charge in [-0.1, -0.05) is 26.0 Å². The summed E-state index contributed by atoms with van der Waals surface area (Å²) in [6.45, 7) is 11.8. The molecule has 0 aromatic heterocycles. The van der Waals surface area contributed by atoms with Crippen LogP contribution < -0.4 is 4.90 Å². The molecule has 0 bridgehead atoms. The molecule has 0 aliphatic heterocycles. The zero-order valence-corrected chi connectivity index (χ0v) is 12.4. The van der Waals surface area contributed by atoms with Crippen LogP contribution in [0.4, 0.5) is 5.69 Å². The Balaban J connectivity index is 2.60. The highest BCUT2D eigenvalue weighted by Gasteiger charge is 2.09. The van der Waals surface area contributed by atoms with E-state index in [1.165, 1.54) is 0 Å². The van der Waals surface area contributed by atoms with Crippen molar-refractivity contribution >= 4 is 12.0 Å². The number of aldehydes is 1. The number of hydrogen-bond donors (Lipinski definition) is 0. The zero-order chi connectivity index (χ0) is 14.1. The molecule has 3 nitrogen and oxygen atoms in total. The predicted molar refractivity (Wildman–Crippen MR) is 82.1 cm³/mol. The predicted octanol–water partition coefficient (Wildman–Crippen LogP) is 3.06. The first kappa shape index (κ1) is 15.7. The third kappa shape index (κ3) is 4.67. The Morgan fingerprint density at radius 3 is 2.26 bits per heavy atom. The van der Waals surface area contributed by atoms with Crippen molar-refractivity contribution in [3.8, 4) is 0 Å². The first-order valence-corrected chi connectivity index (χ1v) is 7.28. The van der Waals surface area contributed by atoms with Crippen LogP contribution in [-0.2, 0) is 0 Å². The summed E-state index contributed by atoms with van der Waals surface area (Å²) in [5.41, 5.74) is 1.84. The fourth-order valence-electron chi connectivity index (χ4n) is 2.35. The fraction of sp³-hybridized carbons (Fsp3) is 0.562. The number of carbonyl (C=O) groups excluding carboxylic acids is 1. The van der Waals surface area contributed by atoms with E-state index >= 15 is 0 Å². The van der Waals surface area contributed by atoms with Crippen molar-refractivity contribution < 1.29 is 4.79 Å². The third-order valence-electron chi connectivity index (χ3n) is 3.58. The maximum absolute atomic E-state index is 11.1. The standard InChI is InChI=1S/C16H26N2O/c1-4-17(5-2)12-9-13-18(6-3)16-11-8-7-10-15(16)14-19/h7-8,10-11,14H,4-6,9,12-13H2,1-3H3. The average molecular weight is 262 g/mol. The maximum Gasteiger partial charge on any atom is 0.152 e. The second-order valence-corrected chi connectivity index (χ2v) is 4.64. The van der Waals surface area contributed by atoms with Gasteiger partial charge in [0.25, 0.3) is 0 Å². The largest absolute Gasteiger partial charge is 0.371 e. The molecule has 0 aliphatic carbocycles. The number of para-hydroxylation sites is 1. The molecule has 0 spiro atoms. The van der Waals surface area contributed by atoms with Crippen molar-refractivity contribution in [2.24, 2.45) is 0 Å². The minimum atomic E-state index is 0.784. The summed E-state index contributed by atoms with van der Waals surface area (Å²) in [5, 5.41) is 0. The van der Waals surface area contributed by atoms with Crippen LogP contribution in [0.2, 0.25) is 0 Å². The van der Waals surface area contributed by atoms with Gasteiger partial charge in [0.05, 0.1) is 0 Å². The van der Waals surface area contributed by atoms with Gasteiger partial charge in [-0.3, -0.25) is 4.79 Å². The van der Waals surface area contributed by atoms with Crippen molar-refractivity contribution in [3.63, 3.8) is 0 Å². The molecule has 0 N–H and O–H groups in total. The highest BCUT2D eigenvalue weighted by atomic mass is 16.1. The first-order chi connectivity index (χ1) is 9.26. The van der Waals surface area contributed by atoms with Crippen molar-refractivity contribution in [3.05, 3.63) is 29.8 Å². The van der Waals surface area contributed by atoms with E-state index in [0.29, 0.717) is 0 Å². The molecule has 0 aliphatic rings. The Bertz CT molecular complexity index is 375. The van der Waals surface area contributed by atoms with E-state index < -0.39 is 0 Å². The summed E-state index contributed by atoms with van der Waals surface area (Å²) in [4.78, 5) is 15.8. The summed E-state index contributed by atoms with van der Waals surface area (Å²) in [5.74, 6) is 0. The summed E-state index contributed by atoms with van der Waals surface area (Å²) in [7, 11) is 0. The number of anilines is 1. The van der Waals surface area contributed by atoms with E-state index in [9.17, 15) is 4.79 Å². The van der Waals surface area contributed by atoms with E-state index in [0.717, 1.165) is 56.7 Å². The minimum Gasteiger partial charge on any atom is -0.371 e. The van der Waals surface area contributed by atoms with Gasteiger partial charge in [0.1, 0.15) is 0 Å². The van der Waals surface area contributed by atoms with Crippen molar-refractivity contribution in [1.82, 2.24) is 4.90 Å². The maximum atomic E-state index is 11.1. The molecule has 106 valence electrons. The Morgan fingerprint density at radius 2 is 1.68 bits per heavy atom. The highest BCUT2D eigenvalue weighted by Crippen LogP contribution is 2.18. The molecule has 0 atom stereocenters. The van der Waals surface area contributed by atoms with E-state index in [-0.39, 0.29) is 0 Å². The first-order valence-electron chi connectivity index (χ1n) is 7.28. The van der Waals surface area contributed by atoms with Crippen molar-refractivity contribution in [2.45, 2.75) is 27.2 Å². The Kier molecular flexibility index (Phi) is 7.19. The molecule has 0 saturated carbocycles. The molecule has 0 radical (unpaired) electrons. The number of hydrogen-bond acceptors (Lipinski definition) is 3. The van der Waals surface area contributed by atoms with Gasteiger partial charge in [0, 0.05) is 24.3 Å². The van der Waals surface area contributed by atoms with Gasteiger partial charge in [0.2, 0.25) is 0 Å². The molecular weight excluding hydrogens is 236 g/mol. The lowest BCUT2D eigenvalue weighted by atomic mass is 10.1. The van der Waals surface area contributed by atoms with Crippen molar-refractivity contribution in [2.75, 3.05) is 37.6 Å². The second-order valence-electron chi connectivity index (χ2n) is 4.64. The summed E-state index contributed by atoms with van der Waals surface area (Å²) < 4.78 is 0. The van der Waals surface area contributed by atoms with Gasteiger partial charge in [-0.2, -0.15) is 0 Å². The van der Waals surface area contributed by atoms with Gasteiger partial charge >= 0.3 is 0 Å². The van der Waals surface area contributed by atoms with Crippen LogP contribution in [0.25, 0.3) is 0 Å². The van der Waals surface area contributed by atoms with Crippen LogP contribution in [0, 0.1) is 0 Å². The summed E-state index contributed by atoms with van der Waals surface area (Å²) in [6, 6.07) is 7.83. The molecule has 19 heavy (non-hydrogen) atoms. The number of rotatable bonds is 9. The van der Waals surface area contributed by atoms with Crippen LogP contribution in [0.5, 0.6) is 0 Å². The smallest absolute Gasteiger partial charge is 0.152 e. The van der Waals surface area contributed by atoms with Gasteiger partial charge in [0.15, 0.2) is 6.29 Å². The van der Waals surface area contributed by atoms with Gasteiger partial charge in [-0.25, -0.2) is 0 Å². The lowest BCUT2D eigenvalue weighted by molar-refractivity contribution is 0.112. The lowest BCUT2D eigenvalue weighted by Crippen LogP contribution is -2.30. The quantitative estimate of drug-likeness (QED) is 0.639. The van der Waals surface area contributed by atoms with Crippen LogP contribution in [0.15, 0.2) is 24.3 Å². The summed E-state index contributed by atoms with van der Waals surface area (Å²) in [6.07, 6.45) is 2.07. The highest BCUT2D eigenvalue weighted by molar-refractivity contribution is 5.84. The molecule has 0 unspecified atom stereocenters. The van der Waals surface area contributed by atoms with Gasteiger partial charge < -0.3 is 9.80 Å². The Morgan fingerprint density at radius 1 is 1.00 bits per heavy atom. The molecule has 0 fully saturated rings. The summed E-state index contributed by atoms with van der Waals surface area (Å²) >= 11 is 0. The molecule has 0 heterocycles. The molecule has 3 heteroatoms. The number of benzene rings is 1. The second kappa shape index (κ2) is 8.70.